The van der Waals surface area contributed by atoms with Crippen molar-refractivity contribution in [3.05, 3.63) is 48.0 Å². The fourth-order valence-corrected chi connectivity index (χ4v) is 5.50. The number of guanidine groups is 1. The number of likely N-dealkylation sites (N-methyl/N-ethyl adjacent to an activating group) is 1. The van der Waals surface area contributed by atoms with Crippen molar-refractivity contribution in [3.63, 3.8) is 0 Å². The Balaban J connectivity index is 1.28. The van der Waals surface area contributed by atoms with Gasteiger partial charge in [-0.1, -0.05) is 68.7 Å². The van der Waals surface area contributed by atoms with Crippen LogP contribution in [0.2, 0.25) is 0 Å². The van der Waals surface area contributed by atoms with Crippen molar-refractivity contribution in [3.8, 4) is 0 Å². The maximum Gasteiger partial charge on any atom is 0.325 e. The second kappa shape index (κ2) is 10.2. The normalized spacial score (nSPS) is 23.0. The lowest BCUT2D eigenvalue weighted by Gasteiger charge is -2.40. The van der Waals surface area contributed by atoms with Gasteiger partial charge in [0.05, 0.1) is 0 Å². The Bertz CT molecular complexity index is 1100. The van der Waals surface area contributed by atoms with E-state index in [9.17, 15) is 9.59 Å². The van der Waals surface area contributed by atoms with Crippen molar-refractivity contribution < 1.29 is 9.59 Å². The Morgan fingerprint density at radius 1 is 0.971 bits per heavy atom. The first-order chi connectivity index (χ1) is 17.1. The van der Waals surface area contributed by atoms with Crippen molar-refractivity contribution in [1.82, 2.24) is 24.9 Å². The fraction of sp³-hybridized carbons (Fsp3) is 0.519. The molecule has 2 aromatic carbocycles. The molecule has 0 saturated carbocycles. The molecule has 0 aromatic heterocycles. The molecule has 3 aliphatic heterocycles. The van der Waals surface area contributed by atoms with Crippen LogP contribution in [0.25, 0.3) is 10.8 Å². The fourth-order valence-electron chi connectivity index (χ4n) is 5.50. The topological polar surface area (TPSA) is 71.5 Å². The van der Waals surface area contributed by atoms with Crippen molar-refractivity contribution in [1.29, 1.82) is 0 Å². The van der Waals surface area contributed by atoms with E-state index in [4.69, 9.17) is 4.99 Å². The quantitative estimate of drug-likeness (QED) is 0.622. The lowest BCUT2D eigenvalue weighted by molar-refractivity contribution is -0.127. The second-order valence-corrected chi connectivity index (χ2v) is 9.85. The molecule has 0 aliphatic carbocycles. The number of unbranched alkanes of at least 4 members (excludes halogenated alkanes) is 3. The van der Waals surface area contributed by atoms with E-state index in [-0.39, 0.29) is 11.9 Å². The smallest absolute Gasteiger partial charge is 0.325 e. The highest BCUT2D eigenvalue weighted by atomic mass is 16.2. The van der Waals surface area contributed by atoms with E-state index < -0.39 is 12.2 Å². The van der Waals surface area contributed by atoms with E-state index in [1.165, 1.54) is 29.2 Å². The molecule has 2 aromatic rings. The van der Waals surface area contributed by atoms with Gasteiger partial charge in [-0.3, -0.25) is 15.0 Å². The number of carbonyl (C=O) groups is 2. The minimum Gasteiger partial charge on any atom is -0.340 e. The van der Waals surface area contributed by atoms with Crippen LogP contribution in [0.5, 0.6) is 0 Å². The SMILES string of the molecule is CCCCCCN1C(N2CCN(Cc3cccc4ccccc34)CC2)=NC2C1C(=O)NC(=O)N2C. The summed E-state index contributed by atoms with van der Waals surface area (Å²) >= 11 is 0. The van der Waals surface area contributed by atoms with Crippen molar-refractivity contribution in [2.75, 3.05) is 39.8 Å². The molecule has 2 unspecified atom stereocenters. The van der Waals surface area contributed by atoms with Gasteiger partial charge in [-0.25, -0.2) is 9.79 Å². The molecule has 1 N–H and O–H groups in total. The zero-order valence-corrected chi connectivity index (χ0v) is 20.8. The number of aliphatic imine (C=N–C) groups is 1. The number of rotatable bonds is 7. The number of fused-ring (bicyclic) bond motifs is 2. The van der Waals surface area contributed by atoms with E-state index in [2.05, 4.69) is 69.4 Å². The predicted octanol–water partition coefficient (Wildman–Crippen LogP) is 3.09. The molecule has 2 fully saturated rings. The minimum absolute atomic E-state index is 0.234. The van der Waals surface area contributed by atoms with Crippen molar-refractivity contribution >= 4 is 28.7 Å². The van der Waals surface area contributed by atoms with Crippen molar-refractivity contribution in [2.24, 2.45) is 4.99 Å². The molecule has 2 saturated heterocycles. The first-order valence-electron chi connectivity index (χ1n) is 12.9. The standard InChI is InChI=1S/C27H36N6O2/c1-3-4-5-8-14-33-23-24(30(2)27(35)29-25(23)34)28-26(33)32-17-15-31(16-18-32)19-21-12-9-11-20-10-6-7-13-22(20)21/h6-7,9-13,23-24H,3-5,8,14-19H2,1-2H3,(H,29,34,35). The van der Waals surface area contributed by atoms with E-state index in [1.807, 2.05) is 0 Å². The number of urea groups is 1. The Labute approximate surface area is 207 Å². The molecule has 186 valence electrons. The third-order valence-electron chi connectivity index (χ3n) is 7.52. The van der Waals surface area contributed by atoms with Crippen LogP contribution in [0.3, 0.4) is 0 Å². The first-order valence-corrected chi connectivity index (χ1v) is 12.9. The van der Waals surface area contributed by atoms with Gasteiger partial charge in [-0.2, -0.15) is 0 Å². The lowest BCUT2D eigenvalue weighted by atomic mass is 10.0. The average Bonchev–Trinajstić information content (AvgIpc) is 3.26. The first kappa shape index (κ1) is 23.6. The summed E-state index contributed by atoms with van der Waals surface area (Å²) in [5, 5.41) is 5.11. The molecule has 3 amide bonds. The maximum atomic E-state index is 12.8. The van der Waals surface area contributed by atoms with Gasteiger partial charge in [-0.15, -0.1) is 0 Å². The van der Waals surface area contributed by atoms with Gasteiger partial charge >= 0.3 is 6.03 Å². The van der Waals surface area contributed by atoms with E-state index in [0.29, 0.717) is 0 Å². The third kappa shape index (κ3) is 4.72. The van der Waals surface area contributed by atoms with Crippen LogP contribution in [-0.2, 0) is 11.3 Å². The van der Waals surface area contributed by atoms with Gasteiger partial charge in [0, 0.05) is 46.3 Å². The third-order valence-corrected chi connectivity index (χ3v) is 7.52. The molecular weight excluding hydrogens is 440 g/mol. The number of hydrogen-bond acceptors (Lipinski definition) is 6. The number of hydrogen-bond donors (Lipinski definition) is 1. The molecule has 5 rings (SSSR count). The number of piperazine rings is 1. The summed E-state index contributed by atoms with van der Waals surface area (Å²) < 4.78 is 0. The molecule has 2 atom stereocenters. The molecule has 0 radical (unpaired) electrons. The highest BCUT2D eigenvalue weighted by Crippen LogP contribution is 2.27. The highest BCUT2D eigenvalue weighted by Gasteiger charge is 2.49. The van der Waals surface area contributed by atoms with Gasteiger partial charge in [0.25, 0.3) is 5.91 Å². The summed E-state index contributed by atoms with van der Waals surface area (Å²) in [6, 6.07) is 14.3. The van der Waals surface area contributed by atoms with Gasteiger partial charge in [0.15, 0.2) is 18.2 Å². The summed E-state index contributed by atoms with van der Waals surface area (Å²) in [5.74, 6) is 0.639. The number of nitrogens with zero attached hydrogens (tertiary/aromatic N) is 5. The van der Waals surface area contributed by atoms with Crippen LogP contribution < -0.4 is 5.32 Å². The van der Waals surface area contributed by atoms with E-state index in [1.54, 1.807) is 11.9 Å². The van der Waals surface area contributed by atoms with Gasteiger partial charge < -0.3 is 14.7 Å². The molecule has 0 bridgehead atoms. The monoisotopic (exact) mass is 476 g/mol. The molecule has 3 aliphatic rings. The highest BCUT2D eigenvalue weighted by molar-refractivity contribution is 6.03. The zero-order chi connectivity index (χ0) is 24.4. The van der Waals surface area contributed by atoms with Crippen LogP contribution in [0.4, 0.5) is 4.79 Å². The molecule has 0 spiro atoms. The molecule has 8 nitrogen and oxygen atoms in total. The second-order valence-electron chi connectivity index (χ2n) is 9.85. The van der Waals surface area contributed by atoms with Crippen LogP contribution >= 0.6 is 0 Å². The Kier molecular flexibility index (Phi) is 6.90. The van der Waals surface area contributed by atoms with Gasteiger partial charge in [0.1, 0.15) is 0 Å². The number of nitrogens with one attached hydrogen (secondary N) is 1. The zero-order valence-electron chi connectivity index (χ0n) is 20.8. The van der Waals surface area contributed by atoms with Crippen molar-refractivity contribution in [2.45, 2.75) is 51.4 Å². The Morgan fingerprint density at radius 3 is 2.54 bits per heavy atom. The summed E-state index contributed by atoms with van der Waals surface area (Å²) in [7, 11) is 1.73. The Morgan fingerprint density at radius 2 is 1.74 bits per heavy atom. The summed E-state index contributed by atoms with van der Waals surface area (Å²) in [4.78, 5) is 38.5. The van der Waals surface area contributed by atoms with Crippen LogP contribution in [0, 0.1) is 0 Å². The number of benzene rings is 2. The molecule has 8 heteroatoms. The predicted molar refractivity (Wildman–Crippen MR) is 138 cm³/mol. The number of imide groups is 1. The summed E-state index contributed by atoms with van der Waals surface area (Å²) in [6.07, 6.45) is 4.05. The minimum atomic E-state index is -0.453. The van der Waals surface area contributed by atoms with Crippen LogP contribution in [0.1, 0.15) is 38.2 Å². The van der Waals surface area contributed by atoms with Crippen LogP contribution in [0.15, 0.2) is 47.5 Å². The average molecular weight is 477 g/mol. The molecule has 35 heavy (non-hydrogen) atoms. The van der Waals surface area contributed by atoms with E-state index >= 15 is 0 Å². The lowest BCUT2D eigenvalue weighted by Crippen LogP contribution is -2.64. The van der Waals surface area contributed by atoms with Crippen LogP contribution in [-0.4, -0.2) is 89.5 Å². The summed E-state index contributed by atoms with van der Waals surface area (Å²) in [5.41, 5.74) is 1.36. The van der Waals surface area contributed by atoms with E-state index in [0.717, 1.165) is 58.1 Å². The van der Waals surface area contributed by atoms with Gasteiger partial charge in [-0.05, 0) is 22.8 Å². The molecular formula is C27H36N6O2. The summed E-state index contributed by atoms with van der Waals surface area (Å²) in [6.45, 7) is 7.48. The molecule has 3 heterocycles. The Hall–Kier alpha value is -3.13. The number of amides is 3. The largest absolute Gasteiger partial charge is 0.340 e. The number of carbonyl (C=O) groups excluding carboxylic acids is 2. The van der Waals surface area contributed by atoms with Gasteiger partial charge in [0.2, 0.25) is 0 Å². The maximum absolute atomic E-state index is 12.8.